The fourth-order valence-corrected chi connectivity index (χ4v) is 1.06. The van der Waals surface area contributed by atoms with Crippen LogP contribution in [0.4, 0.5) is 0 Å². The minimum atomic E-state index is 0. The van der Waals surface area contributed by atoms with E-state index in [-0.39, 0.29) is 40.4 Å². The van der Waals surface area contributed by atoms with Crippen LogP contribution < -0.4 is 4.74 Å². The molecule has 0 N–H and O–H groups in total. The van der Waals surface area contributed by atoms with Gasteiger partial charge in [0, 0.05) is 22.9 Å². The quantitative estimate of drug-likeness (QED) is 0.584. The molecule has 3 heteroatoms. The zero-order chi connectivity index (χ0) is 6.81. The normalized spacial score (nSPS) is 11.7. The van der Waals surface area contributed by atoms with E-state index in [0.717, 1.165) is 5.75 Å². The fourth-order valence-electron chi connectivity index (χ4n) is 1.06. The first kappa shape index (κ1) is 12.1. The Kier molecular flexibility index (Phi) is 5.69. The van der Waals surface area contributed by atoms with Gasteiger partial charge in [-0.2, -0.15) is 0 Å². The Morgan fingerprint density at radius 1 is 1.17 bits per heavy atom. The van der Waals surface area contributed by atoms with E-state index >= 15 is 0 Å². The molecule has 0 saturated carbocycles. The van der Waals surface area contributed by atoms with Crippen molar-refractivity contribution >= 4 is 29.1 Å². The molecule has 12 heavy (non-hydrogen) atoms. The average molecular weight is 210 g/mol. The van der Waals surface area contributed by atoms with Crippen LogP contribution in [0.2, 0.25) is 0 Å². The maximum Gasteiger partial charge on any atom is 0.316 e. The van der Waals surface area contributed by atoms with Crippen molar-refractivity contribution < 1.29 is 22.1 Å². The van der Waals surface area contributed by atoms with Crippen LogP contribution in [-0.2, 0) is 17.4 Å². The number of hydrogen-bond donors (Lipinski definition) is 0. The van der Waals surface area contributed by atoms with Crippen molar-refractivity contribution in [1.82, 2.24) is 0 Å². The van der Waals surface area contributed by atoms with Crippen molar-refractivity contribution in [2.45, 2.75) is 0 Å². The van der Waals surface area contributed by atoms with Gasteiger partial charge < -0.3 is 4.74 Å². The molecule has 0 saturated heterocycles. The van der Waals surface area contributed by atoms with E-state index in [0.29, 0.717) is 6.61 Å². The molecule has 1 aliphatic heterocycles. The van der Waals surface area contributed by atoms with Crippen molar-refractivity contribution in [3.05, 3.63) is 35.9 Å². The van der Waals surface area contributed by atoms with Gasteiger partial charge in [-0.3, -0.25) is 0 Å². The summed E-state index contributed by atoms with van der Waals surface area (Å²) in [7, 11) is 0. The molecule has 0 fully saturated rings. The summed E-state index contributed by atoms with van der Waals surface area (Å²) in [5, 5.41) is 0. The van der Waals surface area contributed by atoms with Crippen LogP contribution >= 0.6 is 0 Å². The summed E-state index contributed by atoms with van der Waals surface area (Å²) in [4.78, 5) is 0. The minimum absolute atomic E-state index is 0. The second-order valence-electron chi connectivity index (χ2n) is 2.25. The molecule has 0 amide bonds. The topological polar surface area (TPSA) is 9.23 Å². The maximum atomic E-state index is 5.34. The third-order valence-electron chi connectivity index (χ3n) is 1.55. The molecule has 60 valence electrons. The zero-order valence-electron chi connectivity index (χ0n) is 5.99. The van der Waals surface area contributed by atoms with Crippen LogP contribution in [0.15, 0.2) is 30.3 Å². The molecule has 0 aliphatic carbocycles. The fraction of sp³-hybridized carbons (Fsp3) is 0.111. The maximum absolute atomic E-state index is 5.34. The molecule has 2 rings (SSSR count). The molecule has 1 nitrogen and oxygen atoms in total. The number of benzene rings is 1. The van der Waals surface area contributed by atoms with Gasteiger partial charge in [-0.05, 0) is 12.1 Å². The Labute approximate surface area is 99.1 Å². The van der Waals surface area contributed by atoms with Crippen LogP contribution in [0, 0.1) is 0 Å². The van der Waals surface area contributed by atoms with Gasteiger partial charge in [0.15, 0.2) is 0 Å². The predicted molar refractivity (Wildman–Crippen MR) is 49.5 cm³/mol. The monoisotopic (exact) mass is 210 g/mol. The standard InChI is InChI=1S/C9H8O.Cr.Mg.2H/c1-2-6-9-8(4-1)5-3-7-10-9;;;;/h1-6H,7H2;;;;. The second-order valence-corrected chi connectivity index (χ2v) is 2.25. The molecule has 1 aromatic rings. The van der Waals surface area contributed by atoms with Gasteiger partial charge in [0.05, 0.1) is 0 Å². The van der Waals surface area contributed by atoms with E-state index < -0.39 is 0 Å². The van der Waals surface area contributed by atoms with E-state index in [2.05, 4.69) is 6.08 Å². The molecule has 1 aromatic carbocycles. The summed E-state index contributed by atoms with van der Waals surface area (Å²) < 4.78 is 5.34. The number of ether oxygens (including phenoxy) is 1. The molecule has 0 aromatic heterocycles. The minimum Gasteiger partial charge on any atom is -0.489 e. The molecule has 0 atom stereocenters. The average Bonchev–Trinajstić information content (AvgIpc) is 2.05. The summed E-state index contributed by atoms with van der Waals surface area (Å²) in [6.07, 6.45) is 4.10. The van der Waals surface area contributed by atoms with Gasteiger partial charge in [0.25, 0.3) is 0 Å². The van der Waals surface area contributed by atoms with Crippen LogP contribution in [0.5, 0.6) is 5.75 Å². The Morgan fingerprint density at radius 3 is 2.67 bits per heavy atom. The molecular weight excluding hydrogens is 200 g/mol. The van der Waals surface area contributed by atoms with Gasteiger partial charge in [-0.15, -0.1) is 0 Å². The van der Waals surface area contributed by atoms with Crippen LogP contribution in [0.3, 0.4) is 0 Å². The van der Waals surface area contributed by atoms with E-state index in [1.807, 2.05) is 30.3 Å². The van der Waals surface area contributed by atoms with Gasteiger partial charge in [-0.25, -0.2) is 0 Å². The summed E-state index contributed by atoms with van der Waals surface area (Å²) in [5.41, 5.74) is 1.17. The molecule has 0 bridgehead atoms. The van der Waals surface area contributed by atoms with Crippen LogP contribution in [0.25, 0.3) is 6.08 Å². The van der Waals surface area contributed by atoms with Crippen LogP contribution in [0.1, 0.15) is 5.56 Å². The summed E-state index contributed by atoms with van der Waals surface area (Å²) in [5.74, 6) is 0.991. The van der Waals surface area contributed by atoms with Gasteiger partial charge in [-0.1, -0.05) is 24.3 Å². The number of para-hydroxylation sites is 1. The Bertz CT molecular complexity index is 273. The molecule has 1 heterocycles. The smallest absolute Gasteiger partial charge is 0.316 e. The van der Waals surface area contributed by atoms with Gasteiger partial charge in [0.2, 0.25) is 0 Å². The van der Waals surface area contributed by atoms with E-state index in [9.17, 15) is 0 Å². The van der Waals surface area contributed by atoms with E-state index in [4.69, 9.17) is 4.74 Å². The van der Waals surface area contributed by atoms with Gasteiger partial charge >= 0.3 is 23.1 Å². The molecule has 1 aliphatic rings. The first-order valence-corrected chi connectivity index (χ1v) is 3.35. The van der Waals surface area contributed by atoms with Crippen molar-refractivity contribution in [2.75, 3.05) is 6.61 Å². The Hall–Kier alpha value is 0.0587. The van der Waals surface area contributed by atoms with Crippen LogP contribution in [-0.4, -0.2) is 29.7 Å². The molecular formula is C9H10CrMgO. The predicted octanol–water partition coefficient (Wildman–Crippen LogP) is 1.17. The summed E-state index contributed by atoms with van der Waals surface area (Å²) >= 11 is 0. The van der Waals surface area contributed by atoms with Gasteiger partial charge in [0.1, 0.15) is 12.4 Å². The SMILES string of the molecule is C1=Cc2ccccc2OC1.[Cr].[MgH2]. The molecule has 0 spiro atoms. The summed E-state index contributed by atoms with van der Waals surface area (Å²) in [6, 6.07) is 8.03. The Morgan fingerprint density at radius 2 is 1.92 bits per heavy atom. The second kappa shape index (κ2) is 5.66. The molecule has 0 radical (unpaired) electrons. The number of hydrogen-bond acceptors (Lipinski definition) is 1. The molecule has 0 unspecified atom stereocenters. The van der Waals surface area contributed by atoms with E-state index in [1.165, 1.54) is 5.56 Å². The van der Waals surface area contributed by atoms with Crippen molar-refractivity contribution in [3.63, 3.8) is 0 Å². The largest absolute Gasteiger partial charge is 0.489 e. The van der Waals surface area contributed by atoms with Crippen molar-refractivity contribution in [2.24, 2.45) is 0 Å². The van der Waals surface area contributed by atoms with Crippen molar-refractivity contribution in [3.8, 4) is 5.75 Å². The van der Waals surface area contributed by atoms with E-state index in [1.54, 1.807) is 0 Å². The van der Waals surface area contributed by atoms with Crippen molar-refractivity contribution in [1.29, 1.82) is 0 Å². The Balaban J connectivity index is 0.000000605. The third-order valence-corrected chi connectivity index (χ3v) is 1.55. The zero-order valence-corrected chi connectivity index (χ0v) is 7.26. The summed E-state index contributed by atoms with van der Waals surface area (Å²) in [6.45, 7) is 0.705. The first-order chi connectivity index (χ1) is 4.97. The number of fused-ring (bicyclic) bond motifs is 1. The third kappa shape index (κ3) is 2.53. The number of rotatable bonds is 0. The first-order valence-electron chi connectivity index (χ1n) is 3.35.